The highest BCUT2D eigenvalue weighted by Gasteiger charge is 2.18. The lowest BCUT2D eigenvalue weighted by molar-refractivity contribution is -0.142. The lowest BCUT2D eigenvalue weighted by Crippen LogP contribution is -2.40. The van der Waals surface area contributed by atoms with Crippen LogP contribution in [0.2, 0.25) is 0 Å². The molecular formula is C18H34N2O4. The maximum Gasteiger partial charge on any atom is 0.326 e. The molecule has 0 saturated carbocycles. The van der Waals surface area contributed by atoms with Gasteiger partial charge in [-0.1, -0.05) is 25.7 Å². The maximum atomic E-state index is 11.8. The van der Waals surface area contributed by atoms with Crippen molar-refractivity contribution in [1.82, 2.24) is 10.6 Å². The third-order valence-electron chi connectivity index (χ3n) is 3.99. The number of nitrogens with one attached hydrogen (secondary N) is 2. The summed E-state index contributed by atoms with van der Waals surface area (Å²) in [4.78, 5) is 33.8. The van der Waals surface area contributed by atoms with Crippen molar-refractivity contribution in [1.29, 1.82) is 0 Å². The van der Waals surface area contributed by atoms with Crippen LogP contribution in [-0.2, 0) is 14.4 Å². The number of unbranched alkanes of at least 4 members (excludes halogenated alkanes) is 6. The van der Waals surface area contributed by atoms with Crippen molar-refractivity contribution in [3.8, 4) is 0 Å². The summed E-state index contributed by atoms with van der Waals surface area (Å²) < 4.78 is 0. The standard InChI is InChI=1S/C18H34N2O4/c1-15(21)11-7-5-3-4-6-8-13-17(22)20-16(18(23)24)12-9-10-14-19-2/h16,19H,3-14H2,1-2H3,(H,20,22)(H,23,24). The number of carbonyl (C=O) groups excluding carboxylic acids is 2. The minimum absolute atomic E-state index is 0.174. The Morgan fingerprint density at radius 2 is 1.46 bits per heavy atom. The van der Waals surface area contributed by atoms with Crippen LogP contribution in [0.15, 0.2) is 0 Å². The predicted octanol–water partition coefficient (Wildman–Crippen LogP) is 2.66. The Kier molecular flexibility index (Phi) is 14.2. The Morgan fingerprint density at radius 3 is 2.00 bits per heavy atom. The second-order valence-corrected chi connectivity index (χ2v) is 6.38. The molecule has 0 fully saturated rings. The quantitative estimate of drug-likeness (QED) is 0.375. The first kappa shape index (κ1) is 22.6. The minimum atomic E-state index is -0.960. The molecule has 0 aliphatic rings. The topological polar surface area (TPSA) is 95.5 Å². The number of hydrogen-bond donors (Lipinski definition) is 3. The fourth-order valence-electron chi connectivity index (χ4n) is 2.54. The summed E-state index contributed by atoms with van der Waals surface area (Å²) in [6, 6.07) is -0.777. The molecule has 1 atom stereocenters. The van der Waals surface area contributed by atoms with Crippen LogP contribution in [0.3, 0.4) is 0 Å². The molecule has 0 aromatic heterocycles. The molecule has 0 spiro atoms. The average molecular weight is 342 g/mol. The Morgan fingerprint density at radius 1 is 0.875 bits per heavy atom. The van der Waals surface area contributed by atoms with Gasteiger partial charge in [0.15, 0.2) is 0 Å². The van der Waals surface area contributed by atoms with Crippen molar-refractivity contribution in [3.63, 3.8) is 0 Å². The largest absolute Gasteiger partial charge is 0.480 e. The third-order valence-corrected chi connectivity index (χ3v) is 3.99. The summed E-state index contributed by atoms with van der Waals surface area (Å²) in [5.74, 6) is -0.892. The van der Waals surface area contributed by atoms with Gasteiger partial charge in [-0.3, -0.25) is 4.79 Å². The molecule has 140 valence electrons. The zero-order chi connectivity index (χ0) is 18.2. The van der Waals surface area contributed by atoms with Crippen molar-refractivity contribution >= 4 is 17.7 Å². The van der Waals surface area contributed by atoms with Crippen LogP contribution < -0.4 is 10.6 Å². The predicted molar refractivity (Wildman–Crippen MR) is 95.0 cm³/mol. The van der Waals surface area contributed by atoms with Crippen molar-refractivity contribution < 1.29 is 19.5 Å². The highest BCUT2D eigenvalue weighted by atomic mass is 16.4. The molecule has 0 saturated heterocycles. The number of ketones is 1. The highest BCUT2D eigenvalue weighted by Crippen LogP contribution is 2.09. The maximum absolute atomic E-state index is 11.8. The van der Waals surface area contributed by atoms with Gasteiger partial charge >= 0.3 is 5.97 Å². The number of carboxylic acid groups (broad SMARTS) is 1. The van der Waals surface area contributed by atoms with Gasteiger partial charge in [0.25, 0.3) is 0 Å². The van der Waals surface area contributed by atoms with Gasteiger partial charge in [0.1, 0.15) is 11.8 Å². The van der Waals surface area contributed by atoms with E-state index in [4.69, 9.17) is 5.11 Å². The van der Waals surface area contributed by atoms with Crippen molar-refractivity contribution in [2.24, 2.45) is 0 Å². The summed E-state index contributed by atoms with van der Waals surface area (Å²) in [6.45, 7) is 2.47. The zero-order valence-electron chi connectivity index (χ0n) is 15.2. The summed E-state index contributed by atoms with van der Waals surface area (Å²) in [6.07, 6.45) is 9.08. The van der Waals surface area contributed by atoms with Gasteiger partial charge in [-0.2, -0.15) is 0 Å². The van der Waals surface area contributed by atoms with E-state index in [0.717, 1.165) is 57.9 Å². The van der Waals surface area contributed by atoms with Crippen LogP contribution >= 0.6 is 0 Å². The first-order valence-electron chi connectivity index (χ1n) is 9.13. The monoisotopic (exact) mass is 342 g/mol. The number of Topliss-reactive ketones (excluding diaryl/α,β-unsaturated/α-hetero) is 1. The van der Waals surface area contributed by atoms with E-state index in [0.29, 0.717) is 19.3 Å². The summed E-state index contributed by atoms with van der Waals surface area (Å²) in [5.41, 5.74) is 0. The minimum Gasteiger partial charge on any atom is -0.480 e. The number of amides is 1. The molecule has 1 amide bonds. The van der Waals surface area contributed by atoms with E-state index in [-0.39, 0.29) is 11.7 Å². The van der Waals surface area contributed by atoms with E-state index in [9.17, 15) is 14.4 Å². The van der Waals surface area contributed by atoms with Gasteiger partial charge in [0.05, 0.1) is 0 Å². The number of rotatable bonds is 16. The number of carboxylic acids is 1. The van der Waals surface area contributed by atoms with Crippen LogP contribution in [-0.4, -0.2) is 42.4 Å². The summed E-state index contributed by atoms with van der Waals surface area (Å²) in [5, 5.41) is 14.8. The smallest absolute Gasteiger partial charge is 0.326 e. The molecule has 1 unspecified atom stereocenters. The van der Waals surface area contributed by atoms with Crippen molar-refractivity contribution in [2.75, 3.05) is 13.6 Å². The molecule has 0 aliphatic carbocycles. The number of hydrogen-bond acceptors (Lipinski definition) is 4. The van der Waals surface area contributed by atoms with Gasteiger partial charge in [0, 0.05) is 12.8 Å². The van der Waals surface area contributed by atoms with Gasteiger partial charge < -0.3 is 20.5 Å². The fraction of sp³-hybridized carbons (Fsp3) is 0.833. The molecule has 0 radical (unpaired) electrons. The normalized spacial score (nSPS) is 11.9. The Bertz CT molecular complexity index is 372. The van der Waals surface area contributed by atoms with E-state index in [1.54, 1.807) is 6.92 Å². The molecule has 24 heavy (non-hydrogen) atoms. The summed E-state index contributed by atoms with van der Waals surface area (Å²) >= 11 is 0. The lowest BCUT2D eigenvalue weighted by Gasteiger charge is -2.14. The number of carbonyl (C=O) groups is 3. The van der Waals surface area contributed by atoms with Gasteiger partial charge in [-0.05, 0) is 52.6 Å². The average Bonchev–Trinajstić information content (AvgIpc) is 2.52. The molecule has 6 heteroatoms. The van der Waals surface area contributed by atoms with Crippen LogP contribution in [0, 0.1) is 0 Å². The molecule has 0 aromatic carbocycles. The molecule has 6 nitrogen and oxygen atoms in total. The first-order valence-corrected chi connectivity index (χ1v) is 9.13. The Balaban J connectivity index is 3.69. The second-order valence-electron chi connectivity index (χ2n) is 6.38. The van der Waals surface area contributed by atoms with Gasteiger partial charge in [0.2, 0.25) is 5.91 Å². The molecule has 3 N–H and O–H groups in total. The summed E-state index contributed by atoms with van der Waals surface area (Å²) in [7, 11) is 1.86. The first-order chi connectivity index (χ1) is 11.5. The SMILES string of the molecule is CNCCCCC(NC(=O)CCCCCCCCC(C)=O)C(=O)O. The molecule has 0 aromatic rings. The van der Waals surface area contributed by atoms with Crippen molar-refractivity contribution in [2.45, 2.75) is 83.6 Å². The molecule has 0 bridgehead atoms. The van der Waals surface area contributed by atoms with E-state index in [2.05, 4.69) is 10.6 Å². The van der Waals surface area contributed by atoms with Crippen LogP contribution in [0.1, 0.15) is 77.6 Å². The highest BCUT2D eigenvalue weighted by molar-refractivity contribution is 5.83. The number of aliphatic carboxylic acids is 1. The third kappa shape index (κ3) is 14.2. The van der Waals surface area contributed by atoms with Gasteiger partial charge in [-0.25, -0.2) is 4.79 Å². The molecule has 0 heterocycles. The van der Waals surface area contributed by atoms with Crippen LogP contribution in [0.4, 0.5) is 0 Å². The Labute approximate surface area is 145 Å². The Hall–Kier alpha value is -1.43. The van der Waals surface area contributed by atoms with Crippen LogP contribution in [0.5, 0.6) is 0 Å². The van der Waals surface area contributed by atoms with E-state index in [1.807, 2.05) is 7.05 Å². The van der Waals surface area contributed by atoms with E-state index >= 15 is 0 Å². The van der Waals surface area contributed by atoms with E-state index in [1.165, 1.54) is 0 Å². The second kappa shape index (κ2) is 15.1. The lowest BCUT2D eigenvalue weighted by atomic mass is 10.1. The van der Waals surface area contributed by atoms with Crippen molar-refractivity contribution in [3.05, 3.63) is 0 Å². The molecule has 0 aliphatic heterocycles. The molecule has 0 rings (SSSR count). The van der Waals surface area contributed by atoms with E-state index < -0.39 is 12.0 Å². The van der Waals surface area contributed by atoms with Crippen LogP contribution in [0.25, 0.3) is 0 Å². The van der Waals surface area contributed by atoms with Gasteiger partial charge in [-0.15, -0.1) is 0 Å². The zero-order valence-corrected chi connectivity index (χ0v) is 15.2. The molecular weight excluding hydrogens is 308 g/mol. The fourth-order valence-corrected chi connectivity index (χ4v) is 2.54.